The van der Waals surface area contributed by atoms with Gasteiger partial charge < -0.3 is 15.1 Å². The molecule has 2 aromatic rings. The molecule has 3 rings (SSSR count). The Morgan fingerprint density at radius 1 is 1.11 bits per heavy atom. The van der Waals surface area contributed by atoms with Crippen LogP contribution in [-0.2, 0) is 4.79 Å². The van der Waals surface area contributed by atoms with Crippen LogP contribution in [0.1, 0.15) is 30.6 Å². The number of amides is 2. The Bertz CT molecular complexity index is 831. The zero-order chi connectivity index (χ0) is 20.1. The van der Waals surface area contributed by atoms with Gasteiger partial charge in [0.2, 0.25) is 5.91 Å². The number of aromatic nitrogens is 1. The molecule has 1 aliphatic rings. The van der Waals surface area contributed by atoms with Crippen molar-refractivity contribution in [2.45, 2.75) is 20.3 Å². The number of hydrogen-bond acceptors (Lipinski definition) is 4. The maximum absolute atomic E-state index is 13.8. The molecule has 0 spiro atoms. The molecule has 2 heterocycles. The van der Waals surface area contributed by atoms with Gasteiger partial charge in [-0.1, -0.05) is 26.0 Å². The smallest absolute Gasteiger partial charge is 0.256 e. The first-order valence-corrected chi connectivity index (χ1v) is 9.48. The highest BCUT2D eigenvalue weighted by Crippen LogP contribution is 2.18. The average Bonchev–Trinajstić information content (AvgIpc) is 2.68. The number of nitrogens with zero attached hydrogens (tertiary/aromatic N) is 3. The SMILES string of the molecule is CC(C)CC(=O)Nc1ccc(N2CCN(C(=O)c3ccccc3F)CC2)nc1. The van der Waals surface area contributed by atoms with Crippen LogP contribution in [-0.4, -0.2) is 47.9 Å². The van der Waals surface area contributed by atoms with Crippen LogP contribution in [0.4, 0.5) is 15.9 Å². The number of benzene rings is 1. The third-order valence-corrected chi connectivity index (χ3v) is 4.62. The standard InChI is InChI=1S/C21H25FN4O2/c1-15(2)13-20(27)24-16-7-8-19(23-14-16)25-9-11-26(12-10-25)21(28)17-5-3-4-6-18(17)22/h3-8,14-15H,9-13H2,1-2H3,(H,24,27). The topological polar surface area (TPSA) is 65.5 Å². The summed E-state index contributed by atoms with van der Waals surface area (Å²) in [5.41, 5.74) is 0.776. The van der Waals surface area contributed by atoms with E-state index in [9.17, 15) is 14.0 Å². The fourth-order valence-electron chi connectivity index (χ4n) is 3.17. The van der Waals surface area contributed by atoms with E-state index >= 15 is 0 Å². The van der Waals surface area contributed by atoms with Crippen molar-refractivity contribution in [2.24, 2.45) is 5.92 Å². The van der Waals surface area contributed by atoms with Crippen LogP contribution in [0.2, 0.25) is 0 Å². The summed E-state index contributed by atoms with van der Waals surface area (Å²) in [4.78, 5) is 32.5. The van der Waals surface area contributed by atoms with E-state index in [-0.39, 0.29) is 17.4 Å². The maximum Gasteiger partial charge on any atom is 0.256 e. The van der Waals surface area contributed by atoms with Gasteiger partial charge in [-0.25, -0.2) is 9.37 Å². The molecule has 2 amide bonds. The van der Waals surface area contributed by atoms with E-state index in [0.29, 0.717) is 44.2 Å². The van der Waals surface area contributed by atoms with Gasteiger partial charge in [-0.15, -0.1) is 0 Å². The van der Waals surface area contributed by atoms with Gasteiger partial charge in [0.15, 0.2) is 0 Å². The minimum atomic E-state index is -0.494. The summed E-state index contributed by atoms with van der Waals surface area (Å²) >= 11 is 0. The number of carbonyl (C=O) groups excluding carboxylic acids is 2. The summed E-state index contributed by atoms with van der Waals surface area (Å²) in [6, 6.07) is 9.74. The second-order valence-electron chi connectivity index (χ2n) is 7.31. The molecular weight excluding hydrogens is 359 g/mol. The molecule has 7 heteroatoms. The van der Waals surface area contributed by atoms with Gasteiger partial charge in [0.1, 0.15) is 11.6 Å². The van der Waals surface area contributed by atoms with Crippen LogP contribution < -0.4 is 10.2 Å². The summed E-state index contributed by atoms with van der Waals surface area (Å²) in [7, 11) is 0. The fraction of sp³-hybridized carbons (Fsp3) is 0.381. The van der Waals surface area contributed by atoms with Crippen molar-refractivity contribution in [1.82, 2.24) is 9.88 Å². The summed E-state index contributed by atoms with van der Waals surface area (Å²) < 4.78 is 13.8. The van der Waals surface area contributed by atoms with Crippen molar-refractivity contribution in [1.29, 1.82) is 0 Å². The predicted octanol–water partition coefficient (Wildman–Crippen LogP) is 3.17. The zero-order valence-corrected chi connectivity index (χ0v) is 16.2. The molecule has 1 saturated heterocycles. The van der Waals surface area contributed by atoms with Crippen LogP contribution in [0.5, 0.6) is 0 Å². The molecule has 0 radical (unpaired) electrons. The Balaban J connectivity index is 1.55. The first kappa shape index (κ1) is 19.8. The minimum absolute atomic E-state index is 0.0233. The highest BCUT2D eigenvalue weighted by Gasteiger charge is 2.24. The second kappa shape index (κ2) is 8.82. The van der Waals surface area contributed by atoms with Crippen molar-refractivity contribution in [3.8, 4) is 0 Å². The van der Waals surface area contributed by atoms with Gasteiger partial charge in [-0.05, 0) is 30.2 Å². The van der Waals surface area contributed by atoms with Gasteiger partial charge >= 0.3 is 0 Å². The van der Waals surface area contributed by atoms with E-state index in [0.717, 1.165) is 5.82 Å². The van der Waals surface area contributed by atoms with Crippen molar-refractivity contribution < 1.29 is 14.0 Å². The summed E-state index contributed by atoms with van der Waals surface area (Å²) in [6.45, 7) is 6.23. The molecule has 0 saturated carbocycles. The van der Waals surface area contributed by atoms with Crippen LogP contribution in [0.3, 0.4) is 0 Å². The van der Waals surface area contributed by atoms with Gasteiger partial charge in [-0.2, -0.15) is 0 Å². The monoisotopic (exact) mass is 384 g/mol. The zero-order valence-electron chi connectivity index (χ0n) is 16.2. The fourth-order valence-corrected chi connectivity index (χ4v) is 3.17. The van der Waals surface area contributed by atoms with Gasteiger partial charge in [0, 0.05) is 32.6 Å². The number of rotatable bonds is 5. The summed E-state index contributed by atoms with van der Waals surface area (Å²) in [6.07, 6.45) is 2.12. The number of halogens is 1. The molecule has 0 aliphatic carbocycles. The summed E-state index contributed by atoms with van der Waals surface area (Å²) in [5, 5.41) is 2.84. The molecule has 0 bridgehead atoms. The summed E-state index contributed by atoms with van der Waals surface area (Å²) in [5.74, 6) is 0.292. The molecule has 148 valence electrons. The number of anilines is 2. The first-order chi connectivity index (χ1) is 13.4. The molecule has 1 N–H and O–H groups in total. The van der Waals surface area contributed by atoms with E-state index < -0.39 is 5.82 Å². The molecule has 1 aromatic carbocycles. The lowest BCUT2D eigenvalue weighted by Crippen LogP contribution is -2.49. The molecule has 1 aromatic heterocycles. The Kier molecular flexibility index (Phi) is 6.23. The number of carbonyl (C=O) groups is 2. The third-order valence-electron chi connectivity index (χ3n) is 4.62. The maximum atomic E-state index is 13.8. The van der Waals surface area contributed by atoms with E-state index in [1.165, 1.54) is 12.1 Å². The quantitative estimate of drug-likeness (QED) is 0.860. The van der Waals surface area contributed by atoms with E-state index in [1.54, 1.807) is 23.2 Å². The number of pyridine rings is 1. The lowest BCUT2D eigenvalue weighted by Gasteiger charge is -2.35. The van der Waals surface area contributed by atoms with Crippen LogP contribution in [0.15, 0.2) is 42.6 Å². The van der Waals surface area contributed by atoms with E-state index in [2.05, 4.69) is 15.2 Å². The highest BCUT2D eigenvalue weighted by molar-refractivity contribution is 5.94. The normalized spacial score (nSPS) is 14.3. The van der Waals surface area contributed by atoms with E-state index in [1.807, 2.05) is 26.0 Å². The van der Waals surface area contributed by atoms with E-state index in [4.69, 9.17) is 0 Å². The number of piperazine rings is 1. The molecule has 1 aliphatic heterocycles. The predicted molar refractivity (Wildman–Crippen MR) is 107 cm³/mol. The van der Waals surface area contributed by atoms with Crippen LogP contribution in [0, 0.1) is 11.7 Å². The Morgan fingerprint density at radius 2 is 1.82 bits per heavy atom. The largest absolute Gasteiger partial charge is 0.353 e. The lowest BCUT2D eigenvalue weighted by atomic mass is 10.1. The number of hydrogen-bond donors (Lipinski definition) is 1. The van der Waals surface area contributed by atoms with Crippen molar-refractivity contribution in [3.63, 3.8) is 0 Å². The Hall–Kier alpha value is -2.96. The number of nitrogens with one attached hydrogen (secondary N) is 1. The van der Waals surface area contributed by atoms with Gasteiger partial charge in [-0.3, -0.25) is 9.59 Å². The van der Waals surface area contributed by atoms with Crippen molar-refractivity contribution in [3.05, 3.63) is 54.0 Å². The molecule has 0 atom stereocenters. The van der Waals surface area contributed by atoms with Crippen LogP contribution in [0.25, 0.3) is 0 Å². The van der Waals surface area contributed by atoms with Crippen LogP contribution >= 0.6 is 0 Å². The highest BCUT2D eigenvalue weighted by atomic mass is 19.1. The second-order valence-corrected chi connectivity index (χ2v) is 7.31. The Morgan fingerprint density at radius 3 is 2.43 bits per heavy atom. The average molecular weight is 384 g/mol. The van der Waals surface area contributed by atoms with Crippen molar-refractivity contribution >= 4 is 23.3 Å². The van der Waals surface area contributed by atoms with Gasteiger partial charge in [0.25, 0.3) is 5.91 Å². The van der Waals surface area contributed by atoms with Gasteiger partial charge in [0.05, 0.1) is 17.4 Å². The molecule has 28 heavy (non-hydrogen) atoms. The molecule has 0 unspecified atom stereocenters. The minimum Gasteiger partial charge on any atom is -0.353 e. The molecule has 1 fully saturated rings. The van der Waals surface area contributed by atoms with Crippen molar-refractivity contribution in [2.75, 3.05) is 36.4 Å². The molecular formula is C21H25FN4O2. The first-order valence-electron chi connectivity index (χ1n) is 9.48. The third kappa shape index (κ3) is 4.85. The Labute approximate surface area is 164 Å². The lowest BCUT2D eigenvalue weighted by molar-refractivity contribution is -0.116. The molecule has 6 nitrogen and oxygen atoms in total.